The summed E-state index contributed by atoms with van der Waals surface area (Å²) in [5, 5.41) is 9.99. The molecule has 1 aromatic carbocycles. The molecule has 0 spiro atoms. The molecule has 0 amide bonds. The number of halogens is 1. The maximum Gasteiger partial charge on any atom is 0.358 e. The number of aromatic carboxylic acids is 1. The minimum absolute atomic E-state index is 0.189. The average Bonchev–Trinajstić information content (AvgIpc) is 2.70. The number of aromatic nitrogens is 3. The van der Waals surface area contributed by atoms with Crippen molar-refractivity contribution in [2.24, 2.45) is 7.05 Å². The molecule has 3 aromatic rings. The number of anilines is 1. The summed E-state index contributed by atoms with van der Waals surface area (Å²) in [7, 11) is 4.46. The number of carbonyl (C=O) groups is 1. The van der Waals surface area contributed by atoms with Gasteiger partial charge in [0.1, 0.15) is 0 Å². The minimum Gasteiger partial charge on any atom is -0.489 e. The molecular formula is C20H19ClN4O4. The Morgan fingerprint density at radius 2 is 2.07 bits per heavy atom. The smallest absolute Gasteiger partial charge is 0.358 e. The first-order valence-corrected chi connectivity index (χ1v) is 9.00. The number of rotatable bonds is 6. The highest BCUT2D eigenvalue weighted by Gasteiger charge is 2.23. The number of hydrogen-bond donors (Lipinski definition) is 1. The van der Waals surface area contributed by atoms with Crippen molar-refractivity contribution in [1.82, 2.24) is 14.5 Å². The van der Waals surface area contributed by atoms with Crippen molar-refractivity contribution < 1.29 is 14.6 Å². The second-order valence-electron chi connectivity index (χ2n) is 6.34. The van der Waals surface area contributed by atoms with Crippen LogP contribution in [0.5, 0.6) is 5.75 Å². The number of nitrogens with zero attached hydrogens (tertiary/aromatic N) is 4. The number of ether oxygens (including phenoxy) is 1. The van der Waals surface area contributed by atoms with Crippen molar-refractivity contribution in [3.8, 4) is 17.0 Å². The quantitative estimate of drug-likeness (QED) is 0.662. The topological polar surface area (TPSA) is 97.6 Å². The van der Waals surface area contributed by atoms with Gasteiger partial charge in [0.05, 0.1) is 12.8 Å². The van der Waals surface area contributed by atoms with Crippen molar-refractivity contribution in [1.29, 1.82) is 0 Å². The second kappa shape index (κ2) is 8.32. The molecular weight excluding hydrogens is 396 g/mol. The lowest BCUT2D eigenvalue weighted by Gasteiger charge is -2.22. The fourth-order valence-corrected chi connectivity index (χ4v) is 3.22. The van der Waals surface area contributed by atoms with Crippen molar-refractivity contribution in [2.45, 2.75) is 6.54 Å². The summed E-state index contributed by atoms with van der Waals surface area (Å²) in [5.74, 6) is -1.46. The van der Waals surface area contributed by atoms with Crippen LogP contribution in [0, 0.1) is 0 Å². The largest absolute Gasteiger partial charge is 0.489 e. The van der Waals surface area contributed by atoms with E-state index < -0.39 is 17.2 Å². The number of pyridine rings is 1. The molecule has 0 unspecified atom stereocenters. The van der Waals surface area contributed by atoms with Gasteiger partial charge in [-0.1, -0.05) is 29.8 Å². The summed E-state index contributed by atoms with van der Waals surface area (Å²) >= 11 is 6.11. The van der Waals surface area contributed by atoms with Crippen LogP contribution in [-0.4, -0.2) is 39.8 Å². The lowest BCUT2D eigenvalue weighted by molar-refractivity contribution is 0.0685. The van der Waals surface area contributed by atoms with Gasteiger partial charge in [0.25, 0.3) is 5.56 Å². The van der Waals surface area contributed by atoms with Crippen LogP contribution in [0.3, 0.4) is 0 Å². The highest BCUT2D eigenvalue weighted by molar-refractivity contribution is 6.30. The Balaban J connectivity index is 2.03. The Labute approximate surface area is 172 Å². The van der Waals surface area contributed by atoms with Crippen LogP contribution in [0.1, 0.15) is 16.1 Å². The van der Waals surface area contributed by atoms with Crippen molar-refractivity contribution in [2.75, 3.05) is 19.1 Å². The molecule has 9 heteroatoms. The van der Waals surface area contributed by atoms with E-state index in [1.807, 2.05) is 24.3 Å². The zero-order chi connectivity index (χ0) is 21.1. The molecule has 0 aliphatic carbocycles. The van der Waals surface area contributed by atoms with Crippen LogP contribution in [0.15, 0.2) is 47.4 Å². The van der Waals surface area contributed by atoms with Crippen molar-refractivity contribution >= 4 is 23.5 Å². The Morgan fingerprint density at radius 1 is 1.31 bits per heavy atom. The Hall–Kier alpha value is -3.39. The van der Waals surface area contributed by atoms with E-state index in [-0.39, 0.29) is 11.7 Å². The normalized spacial score (nSPS) is 10.6. The third-order valence-electron chi connectivity index (χ3n) is 4.37. The van der Waals surface area contributed by atoms with E-state index >= 15 is 0 Å². The fourth-order valence-electron chi connectivity index (χ4n) is 3.03. The van der Waals surface area contributed by atoms with Gasteiger partial charge < -0.3 is 14.7 Å². The summed E-state index contributed by atoms with van der Waals surface area (Å²) in [6, 6.07) is 11.1. The summed E-state index contributed by atoms with van der Waals surface area (Å²) in [6.07, 6.45) is 1.68. The molecule has 2 aromatic heterocycles. The minimum atomic E-state index is -1.34. The molecule has 150 valence electrons. The molecule has 3 rings (SSSR count). The first-order chi connectivity index (χ1) is 13.8. The van der Waals surface area contributed by atoms with Crippen LogP contribution < -0.4 is 15.2 Å². The molecule has 2 heterocycles. The van der Waals surface area contributed by atoms with Gasteiger partial charge in [-0.25, -0.2) is 9.78 Å². The van der Waals surface area contributed by atoms with Gasteiger partial charge in [0, 0.05) is 37.4 Å². The predicted molar refractivity (Wildman–Crippen MR) is 110 cm³/mol. The summed E-state index contributed by atoms with van der Waals surface area (Å²) in [6.45, 7) is 0.335. The van der Waals surface area contributed by atoms with Crippen molar-refractivity contribution in [3.63, 3.8) is 0 Å². The molecule has 0 saturated carbocycles. The maximum atomic E-state index is 12.5. The number of benzene rings is 1. The van der Waals surface area contributed by atoms with E-state index in [0.29, 0.717) is 11.6 Å². The lowest BCUT2D eigenvalue weighted by Crippen LogP contribution is -2.31. The van der Waals surface area contributed by atoms with Crippen molar-refractivity contribution in [3.05, 3.63) is 69.2 Å². The molecule has 1 N–H and O–H groups in total. The van der Waals surface area contributed by atoms with Gasteiger partial charge in [-0.15, -0.1) is 0 Å². The SMILES string of the molecule is COc1c(C(=O)O)nc(N(C)Cc2cccnc2-c2cccc(Cl)c2)n(C)c1=O. The third-order valence-corrected chi connectivity index (χ3v) is 4.61. The number of carboxylic acid groups (broad SMARTS) is 1. The first kappa shape index (κ1) is 20.3. The van der Waals surface area contributed by atoms with Crippen LogP contribution in [-0.2, 0) is 13.6 Å². The monoisotopic (exact) mass is 414 g/mol. The summed E-state index contributed by atoms with van der Waals surface area (Å²) in [4.78, 5) is 34.3. The summed E-state index contributed by atoms with van der Waals surface area (Å²) in [5.41, 5.74) is 1.43. The van der Waals surface area contributed by atoms with Crippen LogP contribution in [0.4, 0.5) is 5.95 Å². The van der Waals surface area contributed by atoms with E-state index in [1.54, 1.807) is 30.3 Å². The third kappa shape index (κ3) is 4.07. The van der Waals surface area contributed by atoms with E-state index in [4.69, 9.17) is 16.3 Å². The molecule has 0 radical (unpaired) electrons. The fraction of sp³-hybridized carbons (Fsp3) is 0.200. The van der Waals surface area contributed by atoms with Crippen LogP contribution in [0.25, 0.3) is 11.3 Å². The molecule has 0 aliphatic rings. The van der Waals surface area contributed by atoms with E-state index in [2.05, 4.69) is 9.97 Å². The number of carboxylic acids is 1. The van der Waals surface area contributed by atoms with Gasteiger partial charge in [-0.3, -0.25) is 14.3 Å². The van der Waals surface area contributed by atoms with Gasteiger partial charge >= 0.3 is 5.97 Å². The van der Waals surface area contributed by atoms with E-state index in [9.17, 15) is 14.7 Å². The Morgan fingerprint density at radius 3 is 2.72 bits per heavy atom. The first-order valence-electron chi connectivity index (χ1n) is 8.62. The second-order valence-corrected chi connectivity index (χ2v) is 6.78. The number of methoxy groups -OCH3 is 1. The van der Waals surface area contributed by atoms with E-state index in [0.717, 1.165) is 16.8 Å². The summed E-state index contributed by atoms with van der Waals surface area (Å²) < 4.78 is 6.19. The number of hydrogen-bond acceptors (Lipinski definition) is 6. The molecule has 8 nitrogen and oxygen atoms in total. The molecule has 0 saturated heterocycles. The standard InChI is InChI=1S/C20H19ClN4O4/c1-24(20-23-16(19(27)28)17(29-3)18(26)25(20)2)11-13-7-5-9-22-15(13)12-6-4-8-14(21)10-12/h4-10H,11H2,1-3H3,(H,27,28). The molecule has 0 aliphatic heterocycles. The highest BCUT2D eigenvalue weighted by Crippen LogP contribution is 2.26. The zero-order valence-electron chi connectivity index (χ0n) is 16.1. The van der Waals surface area contributed by atoms with Crippen LogP contribution >= 0.6 is 11.6 Å². The highest BCUT2D eigenvalue weighted by atomic mass is 35.5. The molecule has 0 atom stereocenters. The molecule has 0 fully saturated rings. The van der Waals surface area contributed by atoms with Crippen LogP contribution in [0.2, 0.25) is 5.02 Å². The molecule has 0 bridgehead atoms. The maximum absolute atomic E-state index is 12.5. The average molecular weight is 415 g/mol. The lowest BCUT2D eigenvalue weighted by atomic mass is 10.1. The van der Waals surface area contributed by atoms with Gasteiger partial charge in [0.2, 0.25) is 11.7 Å². The Bertz CT molecular complexity index is 1130. The predicted octanol–water partition coefficient (Wildman–Crippen LogP) is 2.84. The van der Waals surface area contributed by atoms with Gasteiger partial charge in [-0.05, 0) is 23.8 Å². The van der Waals surface area contributed by atoms with Gasteiger partial charge in [0.15, 0.2) is 5.69 Å². The zero-order valence-corrected chi connectivity index (χ0v) is 16.8. The van der Waals surface area contributed by atoms with E-state index in [1.165, 1.54) is 18.7 Å². The Kier molecular flexibility index (Phi) is 5.84. The van der Waals surface area contributed by atoms with Gasteiger partial charge in [-0.2, -0.15) is 0 Å². The molecule has 29 heavy (non-hydrogen) atoms.